The van der Waals surface area contributed by atoms with Crippen molar-refractivity contribution in [3.63, 3.8) is 0 Å². The lowest BCUT2D eigenvalue weighted by atomic mass is 9.73. The van der Waals surface area contributed by atoms with Crippen molar-refractivity contribution >= 4 is 23.3 Å². The number of fused-ring (bicyclic) bond motifs is 4. The van der Waals surface area contributed by atoms with Crippen molar-refractivity contribution in [2.45, 2.75) is 37.8 Å². The van der Waals surface area contributed by atoms with Gasteiger partial charge in [0.05, 0.1) is 18.0 Å². The van der Waals surface area contributed by atoms with Gasteiger partial charge in [-0.3, -0.25) is 9.36 Å². The highest BCUT2D eigenvalue weighted by Gasteiger charge is 2.41. The molecule has 3 atom stereocenters. The van der Waals surface area contributed by atoms with Gasteiger partial charge in [-0.1, -0.05) is 24.3 Å². The summed E-state index contributed by atoms with van der Waals surface area (Å²) in [7, 11) is 1.73. The Bertz CT molecular complexity index is 1170. The number of hydrogen-bond acceptors (Lipinski definition) is 4. The quantitative estimate of drug-likeness (QED) is 0.671. The molecule has 158 valence electrons. The normalized spacial score (nSPS) is 22.2. The topological polar surface area (TPSA) is 76.1 Å². The molecule has 1 aromatic heterocycles. The molecule has 1 saturated heterocycles. The van der Waals surface area contributed by atoms with Crippen molar-refractivity contribution in [2.75, 3.05) is 13.7 Å². The van der Waals surface area contributed by atoms with E-state index in [1.807, 2.05) is 18.2 Å². The van der Waals surface area contributed by atoms with E-state index in [1.54, 1.807) is 19.2 Å². The maximum Gasteiger partial charge on any atom is 0.328 e. The summed E-state index contributed by atoms with van der Waals surface area (Å²) in [4.78, 5) is 28.2. The molecule has 1 unspecified atom stereocenters. The smallest absolute Gasteiger partial charge is 0.328 e. The van der Waals surface area contributed by atoms with Crippen molar-refractivity contribution in [3.8, 4) is 5.75 Å². The number of benzene rings is 2. The average Bonchev–Trinajstić information content (AvgIpc) is 3.16. The first-order chi connectivity index (χ1) is 14.2. The second-order valence-electron chi connectivity index (χ2n) is 8.09. The fourth-order valence-corrected chi connectivity index (χ4v) is 5.26. The number of hydrogen-bond donors (Lipinski definition) is 2. The molecule has 1 fully saturated rings. The Labute approximate surface area is 180 Å². The number of ether oxygens (including phenoxy) is 1. The Morgan fingerprint density at radius 2 is 1.97 bits per heavy atom. The monoisotopic (exact) mass is 427 g/mol. The van der Waals surface area contributed by atoms with E-state index >= 15 is 0 Å². The zero-order chi connectivity index (χ0) is 20.0. The number of aromatic amines is 1. The average molecular weight is 428 g/mol. The fraction of sp³-hybridized carbons (Fsp3) is 0.391. The van der Waals surface area contributed by atoms with Gasteiger partial charge in [0.25, 0.3) is 5.56 Å². The Morgan fingerprint density at radius 3 is 2.80 bits per heavy atom. The number of H-pyrrole nitrogens is 1. The molecule has 5 rings (SSSR count). The van der Waals surface area contributed by atoms with Crippen LogP contribution in [0.3, 0.4) is 0 Å². The highest BCUT2D eigenvalue weighted by molar-refractivity contribution is 5.85. The highest BCUT2D eigenvalue weighted by atomic mass is 35.5. The standard InChI is InChI=1S/C23H25N3O3.ClH/c1-29-19-8-4-5-14-9-10-15-13-24-18(20(15)21(14)19)11-12-26-22(27)16-6-2-3-7-17(16)25-23(26)28;/h2-8,15,18,20,24H,9-13H2,1H3,(H,25,28);1H/t15-,18?,20-;/m0./s1. The van der Waals surface area contributed by atoms with Gasteiger partial charge >= 0.3 is 5.69 Å². The lowest BCUT2D eigenvalue weighted by Gasteiger charge is -2.32. The Kier molecular flexibility index (Phi) is 5.71. The van der Waals surface area contributed by atoms with E-state index in [9.17, 15) is 9.59 Å². The predicted octanol–water partition coefficient (Wildman–Crippen LogP) is 2.83. The van der Waals surface area contributed by atoms with E-state index in [0.29, 0.717) is 29.3 Å². The van der Waals surface area contributed by atoms with E-state index in [1.165, 1.54) is 15.7 Å². The summed E-state index contributed by atoms with van der Waals surface area (Å²) in [5, 5.41) is 4.20. The van der Waals surface area contributed by atoms with E-state index in [-0.39, 0.29) is 29.7 Å². The van der Waals surface area contributed by atoms with Gasteiger partial charge in [0, 0.05) is 24.1 Å². The molecule has 0 radical (unpaired) electrons. The first-order valence-electron chi connectivity index (χ1n) is 10.3. The third-order valence-corrected chi connectivity index (χ3v) is 6.63. The molecule has 0 spiro atoms. The van der Waals surface area contributed by atoms with Gasteiger partial charge in [-0.2, -0.15) is 0 Å². The minimum atomic E-state index is -0.343. The molecule has 2 N–H and O–H groups in total. The minimum Gasteiger partial charge on any atom is -0.496 e. The Hall–Kier alpha value is -2.57. The second kappa shape index (κ2) is 8.28. The Balaban J connectivity index is 0.00000218. The molecule has 2 aromatic carbocycles. The molecule has 0 amide bonds. The molecule has 7 heteroatoms. The summed E-state index contributed by atoms with van der Waals surface area (Å²) in [6, 6.07) is 13.7. The molecular formula is C23H26ClN3O3. The van der Waals surface area contributed by atoms with E-state index in [2.05, 4.69) is 22.4 Å². The molecular weight excluding hydrogens is 402 g/mol. The number of aryl methyl sites for hydroxylation is 1. The molecule has 2 aliphatic rings. The van der Waals surface area contributed by atoms with Gasteiger partial charge in [0.2, 0.25) is 0 Å². The summed E-state index contributed by atoms with van der Waals surface area (Å²) in [6.45, 7) is 1.36. The first-order valence-corrected chi connectivity index (χ1v) is 10.3. The predicted molar refractivity (Wildman–Crippen MR) is 120 cm³/mol. The fourth-order valence-electron chi connectivity index (χ4n) is 5.26. The molecule has 0 saturated carbocycles. The third kappa shape index (κ3) is 3.34. The largest absolute Gasteiger partial charge is 0.496 e. The van der Waals surface area contributed by atoms with Crippen LogP contribution in [-0.4, -0.2) is 29.2 Å². The number of aromatic nitrogens is 2. The number of nitrogens with zero attached hydrogens (tertiary/aromatic N) is 1. The summed E-state index contributed by atoms with van der Waals surface area (Å²) < 4.78 is 7.02. The Morgan fingerprint density at radius 1 is 1.13 bits per heavy atom. The summed E-state index contributed by atoms with van der Waals surface area (Å²) in [5.74, 6) is 1.87. The lowest BCUT2D eigenvalue weighted by Crippen LogP contribution is -2.38. The highest BCUT2D eigenvalue weighted by Crippen LogP contribution is 2.46. The van der Waals surface area contributed by atoms with Crippen LogP contribution in [0.4, 0.5) is 0 Å². The van der Waals surface area contributed by atoms with Crippen LogP contribution >= 0.6 is 12.4 Å². The molecule has 3 aromatic rings. The van der Waals surface area contributed by atoms with Crippen molar-refractivity contribution in [2.24, 2.45) is 5.92 Å². The maximum atomic E-state index is 12.8. The summed E-state index contributed by atoms with van der Waals surface area (Å²) in [6.07, 6.45) is 2.96. The van der Waals surface area contributed by atoms with Crippen LogP contribution < -0.4 is 21.3 Å². The van der Waals surface area contributed by atoms with Crippen LogP contribution in [-0.2, 0) is 13.0 Å². The van der Waals surface area contributed by atoms with Crippen LogP contribution in [0.1, 0.15) is 29.9 Å². The van der Waals surface area contributed by atoms with Gasteiger partial charge in [-0.25, -0.2) is 4.79 Å². The number of methoxy groups -OCH3 is 1. The van der Waals surface area contributed by atoms with Crippen LogP contribution in [0.2, 0.25) is 0 Å². The van der Waals surface area contributed by atoms with Gasteiger partial charge in [0.15, 0.2) is 0 Å². The first kappa shape index (κ1) is 20.7. The number of para-hydroxylation sites is 1. The van der Waals surface area contributed by atoms with Gasteiger partial charge < -0.3 is 15.0 Å². The van der Waals surface area contributed by atoms with Crippen LogP contribution in [0.25, 0.3) is 10.9 Å². The zero-order valence-corrected chi connectivity index (χ0v) is 17.7. The zero-order valence-electron chi connectivity index (χ0n) is 16.9. The lowest BCUT2D eigenvalue weighted by molar-refractivity contribution is 0.358. The molecule has 6 nitrogen and oxygen atoms in total. The van der Waals surface area contributed by atoms with E-state index in [0.717, 1.165) is 31.6 Å². The summed E-state index contributed by atoms with van der Waals surface area (Å²) in [5.41, 5.74) is 2.69. The maximum absolute atomic E-state index is 12.8. The van der Waals surface area contributed by atoms with E-state index < -0.39 is 0 Å². The van der Waals surface area contributed by atoms with Crippen LogP contribution in [0.5, 0.6) is 5.75 Å². The molecule has 1 aliphatic carbocycles. The number of halogens is 1. The van der Waals surface area contributed by atoms with Crippen molar-refractivity contribution < 1.29 is 4.74 Å². The molecule has 0 bridgehead atoms. The van der Waals surface area contributed by atoms with Crippen molar-refractivity contribution in [1.82, 2.24) is 14.9 Å². The SMILES string of the molecule is COc1cccc2c1[C@@H]1C(CCn3c(=O)[nH]c4ccccc4c3=O)NC[C@@H]1CC2.Cl. The van der Waals surface area contributed by atoms with Gasteiger partial charge in [-0.05, 0) is 55.5 Å². The van der Waals surface area contributed by atoms with Crippen LogP contribution in [0.15, 0.2) is 52.1 Å². The van der Waals surface area contributed by atoms with Gasteiger partial charge in [0.1, 0.15) is 5.75 Å². The van der Waals surface area contributed by atoms with Gasteiger partial charge in [-0.15, -0.1) is 12.4 Å². The van der Waals surface area contributed by atoms with Crippen molar-refractivity contribution in [3.05, 3.63) is 74.4 Å². The minimum absolute atomic E-state index is 0. The number of nitrogens with one attached hydrogen (secondary N) is 2. The molecule has 1 aliphatic heterocycles. The summed E-state index contributed by atoms with van der Waals surface area (Å²) >= 11 is 0. The second-order valence-corrected chi connectivity index (χ2v) is 8.09. The molecule has 2 heterocycles. The van der Waals surface area contributed by atoms with E-state index in [4.69, 9.17) is 4.74 Å². The molecule has 30 heavy (non-hydrogen) atoms. The van der Waals surface area contributed by atoms with Crippen molar-refractivity contribution in [1.29, 1.82) is 0 Å². The third-order valence-electron chi connectivity index (χ3n) is 6.63. The van der Waals surface area contributed by atoms with Crippen LogP contribution in [0, 0.1) is 5.92 Å². The number of rotatable bonds is 4.